The Balaban J connectivity index is 1.06. The van der Waals surface area contributed by atoms with Crippen LogP contribution in [0.4, 0.5) is 17.1 Å². The predicted octanol–water partition coefficient (Wildman–Crippen LogP) is 13.0. The molecule has 2 heteroatoms. The maximum Gasteiger partial charge on any atom is 0.0568 e. The average Bonchev–Trinajstić information content (AvgIpc) is 3.45. The van der Waals surface area contributed by atoms with Gasteiger partial charge in [-0.15, -0.1) is 0 Å². The molecule has 0 spiro atoms. The molecule has 0 amide bonds. The average molecular weight is 627 g/mol. The maximum atomic E-state index is 2.35. The van der Waals surface area contributed by atoms with E-state index in [2.05, 4.69) is 205 Å². The van der Waals surface area contributed by atoms with Gasteiger partial charge in [-0.3, -0.25) is 0 Å². The van der Waals surface area contributed by atoms with Gasteiger partial charge in [-0.2, -0.15) is 0 Å². The molecule has 0 atom stereocenters. The molecule has 1 aromatic heterocycles. The number of hydrogen-bond acceptors (Lipinski definition) is 1. The second kappa shape index (κ2) is 12.0. The van der Waals surface area contributed by atoms with Crippen LogP contribution in [-0.2, 0) is 7.05 Å². The summed E-state index contributed by atoms with van der Waals surface area (Å²) in [4.78, 5) is 2.33. The second-order valence-electron chi connectivity index (χ2n) is 12.7. The van der Waals surface area contributed by atoms with E-state index in [4.69, 9.17) is 0 Å². The van der Waals surface area contributed by atoms with Crippen LogP contribution in [0.5, 0.6) is 0 Å². The zero-order valence-corrected chi connectivity index (χ0v) is 27.3. The van der Waals surface area contributed by atoms with E-state index >= 15 is 0 Å². The normalized spacial score (nSPS) is 11.4. The highest BCUT2D eigenvalue weighted by atomic mass is 15.1. The molecule has 9 rings (SSSR count). The first-order chi connectivity index (χ1) is 24.2. The van der Waals surface area contributed by atoms with Crippen LogP contribution in [0, 0.1) is 0 Å². The zero-order valence-electron chi connectivity index (χ0n) is 27.3. The molecule has 0 aliphatic rings. The number of rotatable bonds is 6. The number of nitrogens with zero attached hydrogens (tertiary/aromatic N) is 2. The fourth-order valence-electron chi connectivity index (χ4n) is 7.32. The van der Waals surface area contributed by atoms with Crippen molar-refractivity contribution in [3.05, 3.63) is 188 Å². The Morgan fingerprint density at radius 3 is 1.63 bits per heavy atom. The van der Waals surface area contributed by atoms with Crippen LogP contribution in [0.1, 0.15) is 0 Å². The van der Waals surface area contributed by atoms with Gasteiger partial charge in [0.15, 0.2) is 0 Å². The van der Waals surface area contributed by atoms with Crippen LogP contribution in [0.2, 0.25) is 0 Å². The van der Waals surface area contributed by atoms with E-state index in [-0.39, 0.29) is 0 Å². The summed E-state index contributed by atoms with van der Waals surface area (Å²) in [5, 5.41) is 5.13. The molecule has 232 valence electrons. The van der Waals surface area contributed by atoms with E-state index in [0.29, 0.717) is 0 Å². The molecule has 49 heavy (non-hydrogen) atoms. The molecule has 0 saturated heterocycles. The lowest BCUT2D eigenvalue weighted by Gasteiger charge is -2.26. The van der Waals surface area contributed by atoms with Crippen LogP contribution in [0.25, 0.3) is 66.0 Å². The Labute approximate surface area is 286 Å². The summed E-state index contributed by atoms with van der Waals surface area (Å²) in [6.07, 6.45) is 0. The lowest BCUT2D eigenvalue weighted by Crippen LogP contribution is -2.09. The van der Waals surface area contributed by atoms with Gasteiger partial charge in [-0.05, 0) is 87.1 Å². The van der Waals surface area contributed by atoms with Gasteiger partial charge in [0.25, 0.3) is 0 Å². The van der Waals surface area contributed by atoms with E-state index in [1.807, 2.05) is 0 Å². The van der Waals surface area contributed by atoms with Crippen molar-refractivity contribution in [2.24, 2.45) is 7.05 Å². The number of aromatic nitrogens is 1. The van der Waals surface area contributed by atoms with Crippen molar-refractivity contribution in [2.75, 3.05) is 4.90 Å². The molecular formula is C47H34N2. The molecule has 9 aromatic rings. The number of para-hydroxylation sites is 2. The van der Waals surface area contributed by atoms with Crippen LogP contribution in [0.3, 0.4) is 0 Å². The number of aryl methyl sites for hydroxylation is 1. The third-order valence-electron chi connectivity index (χ3n) is 9.77. The summed E-state index contributed by atoms with van der Waals surface area (Å²) in [5.41, 5.74) is 13.2. The number of anilines is 3. The van der Waals surface area contributed by atoms with Crippen molar-refractivity contribution in [1.82, 2.24) is 4.57 Å². The summed E-state index contributed by atoms with van der Waals surface area (Å²) in [6, 6.07) is 67.8. The summed E-state index contributed by atoms with van der Waals surface area (Å²) in [5.74, 6) is 0. The second-order valence-corrected chi connectivity index (χ2v) is 12.7. The van der Waals surface area contributed by atoms with Crippen LogP contribution in [-0.4, -0.2) is 4.57 Å². The Kier molecular flexibility index (Phi) is 7.06. The van der Waals surface area contributed by atoms with Gasteiger partial charge in [-0.1, -0.05) is 140 Å². The molecule has 0 aliphatic heterocycles. The molecule has 2 nitrogen and oxygen atoms in total. The quantitative estimate of drug-likeness (QED) is 0.178. The van der Waals surface area contributed by atoms with E-state index in [9.17, 15) is 0 Å². The van der Waals surface area contributed by atoms with E-state index in [1.54, 1.807) is 0 Å². The minimum Gasteiger partial charge on any atom is -0.343 e. The highest BCUT2D eigenvalue weighted by Gasteiger charge is 2.16. The summed E-state index contributed by atoms with van der Waals surface area (Å²) in [7, 11) is 2.19. The first-order valence-electron chi connectivity index (χ1n) is 16.8. The lowest BCUT2D eigenvalue weighted by molar-refractivity contribution is 1.02. The number of fused-ring (bicyclic) bond motifs is 4. The molecule has 0 aliphatic carbocycles. The third-order valence-corrected chi connectivity index (χ3v) is 9.77. The molecular weight excluding hydrogens is 593 g/mol. The van der Waals surface area contributed by atoms with Crippen LogP contribution >= 0.6 is 0 Å². The van der Waals surface area contributed by atoms with Crippen molar-refractivity contribution in [3.8, 4) is 33.4 Å². The zero-order chi connectivity index (χ0) is 32.7. The van der Waals surface area contributed by atoms with Crippen molar-refractivity contribution >= 4 is 49.6 Å². The SMILES string of the molecule is Cn1c2cc3ccccc3cc2c2cccc(-c3ccc(-c4ccc(N(c5ccccc5)c5cccc(-c6ccccc6)c5)cc4)cc3)c21. The first-order valence-corrected chi connectivity index (χ1v) is 16.8. The Morgan fingerprint density at radius 1 is 0.367 bits per heavy atom. The standard InChI is InChI=1S/C47H34N2/c1-48-46-32-39-15-9-8-14-38(39)31-45(46)44-21-11-20-43(47(44)48)36-24-22-34(23-25-36)35-26-28-41(29-27-35)49(40-17-6-3-7-18-40)42-19-10-16-37(30-42)33-12-4-2-5-13-33/h2-32H,1H3. The molecule has 0 unspecified atom stereocenters. The molecule has 1 heterocycles. The lowest BCUT2D eigenvalue weighted by atomic mass is 9.98. The van der Waals surface area contributed by atoms with Gasteiger partial charge in [0.05, 0.1) is 5.52 Å². The van der Waals surface area contributed by atoms with Crippen molar-refractivity contribution in [1.29, 1.82) is 0 Å². The largest absolute Gasteiger partial charge is 0.343 e. The number of hydrogen-bond donors (Lipinski definition) is 0. The van der Waals surface area contributed by atoms with E-state index in [1.165, 1.54) is 66.0 Å². The fraction of sp³-hybridized carbons (Fsp3) is 0.0213. The first kappa shape index (κ1) is 28.8. The van der Waals surface area contributed by atoms with Gasteiger partial charge in [0.2, 0.25) is 0 Å². The van der Waals surface area contributed by atoms with E-state index in [0.717, 1.165) is 17.1 Å². The predicted molar refractivity (Wildman–Crippen MR) is 209 cm³/mol. The van der Waals surface area contributed by atoms with Gasteiger partial charge < -0.3 is 9.47 Å². The maximum absolute atomic E-state index is 2.35. The van der Waals surface area contributed by atoms with Gasteiger partial charge in [0, 0.05) is 46.0 Å². The third kappa shape index (κ3) is 5.15. The Hall–Kier alpha value is -6.38. The van der Waals surface area contributed by atoms with Crippen LogP contribution < -0.4 is 4.90 Å². The molecule has 0 N–H and O–H groups in total. The van der Waals surface area contributed by atoms with Crippen LogP contribution in [0.15, 0.2) is 188 Å². The van der Waals surface area contributed by atoms with Gasteiger partial charge in [-0.25, -0.2) is 0 Å². The minimum atomic E-state index is 1.12. The highest BCUT2D eigenvalue weighted by Crippen LogP contribution is 2.39. The highest BCUT2D eigenvalue weighted by molar-refractivity contribution is 6.15. The molecule has 0 fully saturated rings. The van der Waals surface area contributed by atoms with Gasteiger partial charge >= 0.3 is 0 Å². The summed E-state index contributed by atoms with van der Waals surface area (Å²) in [6.45, 7) is 0. The van der Waals surface area contributed by atoms with E-state index < -0.39 is 0 Å². The molecule has 0 saturated carbocycles. The number of benzene rings is 8. The molecule has 0 bridgehead atoms. The Bertz CT molecular complexity index is 2580. The minimum absolute atomic E-state index is 1.12. The molecule has 0 radical (unpaired) electrons. The van der Waals surface area contributed by atoms with Crippen molar-refractivity contribution in [3.63, 3.8) is 0 Å². The topological polar surface area (TPSA) is 8.17 Å². The fourth-order valence-corrected chi connectivity index (χ4v) is 7.32. The smallest absolute Gasteiger partial charge is 0.0568 e. The monoisotopic (exact) mass is 626 g/mol. The summed E-state index contributed by atoms with van der Waals surface area (Å²) < 4.78 is 2.35. The van der Waals surface area contributed by atoms with Crippen molar-refractivity contribution in [2.45, 2.75) is 0 Å². The summed E-state index contributed by atoms with van der Waals surface area (Å²) >= 11 is 0. The molecule has 8 aromatic carbocycles. The Morgan fingerprint density at radius 2 is 0.898 bits per heavy atom. The van der Waals surface area contributed by atoms with Gasteiger partial charge in [0.1, 0.15) is 0 Å². The van der Waals surface area contributed by atoms with Crippen molar-refractivity contribution < 1.29 is 0 Å².